The fraction of sp³-hybridized carbons (Fsp3) is 0.500. The standard InChI is InChI=1S/C24H29ClFN4O7P/c1-14(16-4-2-3-5-18(16)26)28-19-8-22(25)29-23-17(19)9-27-30(23)15-6-20(31)21(7-15)36-12-24(10-35-11-24)13-37-38(32,33)34/h2-5,8-9,14-15,20-21,31H,6-7,10-13H2,1H3,(H,28,29)(H2,32,33,34)/t14-,15-,20-,21-/m0/s1. The predicted octanol–water partition coefficient (Wildman–Crippen LogP) is 3.60. The highest BCUT2D eigenvalue weighted by molar-refractivity contribution is 7.46. The minimum absolute atomic E-state index is 0.118. The molecule has 1 saturated heterocycles. The van der Waals surface area contributed by atoms with Crippen LogP contribution >= 0.6 is 19.4 Å². The summed E-state index contributed by atoms with van der Waals surface area (Å²) >= 11 is 6.34. The maximum absolute atomic E-state index is 14.3. The molecule has 0 bridgehead atoms. The maximum atomic E-state index is 14.3. The van der Waals surface area contributed by atoms with Gasteiger partial charge in [-0.3, -0.25) is 4.52 Å². The molecule has 0 spiro atoms. The van der Waals surface area contributed by atoms with Crippen molar-refractivity contribution in [2.45, 2.75) is 44.1 Å². The summed E-state index contributed by atoms with van der Waals surface area (Å²) in [4.78, 5) is 22.5. The van der Waals surface area contributed by atoms with E-state index in [0.717, 1.165) is 0 Å². The molecule has 1 aromatic carbocycles. The number of nitrogens with one attached hydrogen (secondary N) is 1. The van der Waals surface area contributed by atoms with Crippen molar-refractivity contribution < 1.29 is 37.8 Å². The zero-order chi connectivity index (χ0) is 27.1. The quantitative estimate of drug-likeness (QED) is 0.210. The molecule has 0 amide bonds. The Hall–Kier alpha value is -2.15. The third-order valence-electron chi connectivity index (χ3n) is 7.03. The van der Waals surface area contributed by atoms with Gasteiger partial charge in [-0.2, -0.15) is 5.10 Å². The zero-order valence-electron chi connectivity index (χ0n) is 20.5. The Morgan fingerprint density at radius 3 is 2.76 bits per heavy atom. The minimum atomic E-state index is -4.62. The molecular weight excluding hydrogens is 542 g/mol. The summed E-state index contributed by atoms with van der Waals surface area (Å²) in [5.74, 6) is -0.311. The van der Waals surface area contributed by atoms with Gasteiger partial charge in [0, 0.05) is 5.56 Å². The average Bonchev–Trinajstić information content (AvgIpc) is 3.41. The highest BCUT2D eigenvalue weighted by Gasteiger charge is 2.44. The molecule has 38 heavy (non-hydrogen) atoms. The van der Waals surface area contributed by atoms with Gasteiger partial charge in [0.05, 0.1) is 73.4 Å². The van der Waals surface area contributed by atoms with Gasteiger partial charge >= 0.3 is 7.82 Å². The van der Waals surface area contributed by atoms with E-state index in [1.54, 1.807) is 35.1 Å². The van der Waals surface area contributed by atoms with E-state index < -0.39 is 25.4 Å². The molecule has 3 aromatic rings. The number of rotatable bonds is 10. The molecule has 206 valence electrons. The Bertz CT molecular complexity index is 1350. The number of phosphoric acid groups is 1. The molecule has 2 aromatic heterocycles. The summed E-state index contributed by atoms with van der Waals surface area (Å²) in [7, 11) is -4.62. The SMILES string of the molecule is C[C@H](Nc1cc(Cl)nc2c1cnn2[C@@H]1C[C@H](OCC2(COP(=O)(O)O)COC2)[C@@H](O)C1)c1ccccc1F. The largest absolute Gasteiger partial charge is 0.469 e. The van der Waals surface area contributed by atoms with Crippen LogP contribution in [0.1, 0.15) is 37.4 Å². The first-order valence-electron chi connectivity index (χ1n) is 12.2. The van der Waals surface area contributed by atoms with Crippen molar-refractivity contribution in [3.05, 3.63) is 53.1 Å². The first kappa shape index (κ1) is 27.4. The van der Waals surface area contributed by atoms with Crippen molar-refractivity contribution in [1.82, 2.24) is 14.8 Å². The lowest BCUT2D eigenvalue weighted by Gasteiger charge is -2.41. The van der Waals surface area contributed by atoms with Gasteiger partial charge in [-0.15, -0.1) is 0 Å². The summed E-state index contributed by atoms with van der Waals surface area (Å²) in [5.41, 5.74) is 1.02. The lowest BCUT2D eigenvalue weighted by molar-refractivity contribution is -0.181. The van der Waals surface area contributed by atoms with E-state index in [1.165, 1.54) is 6.07 Å². The highest BCUT2D eigenvalue weighted by atomic mass is 35.5. The zero-order valence-corrected chi connectivity index (χ0v) is 22.2. The molecular formula is C24H29ClFN4O7P. The smallest absolute Gasteiger partial charge is 0.390 e. The molecule has 5 rings (SSSR count). The molecule has 4 atom stereocenters. The van der Waals surface area contributed by atoms with Gasteiger partial charge in [-0.05, 0) is 31.9 Å². The van der Waals surface area contributed by atoms with Crippen molar-refractivity contribution in [2.75, 3.05) is 31.7 Å². The second-order valence-corrected chi connectivity index (χ2v) is 11.6. The number of fused-ring (bicyclic) bond motifs is 1. The van der Waals surface area contributed by atoms with Crippen molar-refractivity contribution in [3.8, 4) is 0 Å². The number of benzene rings is 1. The number of hydrogen-bond donors (Lipinski definition) is 4. The monoisotopic (exact) mass is 570 g/mol. The molecule has 0 unspecified atom stereocenters. The average molecular weight is 571 g/mol. The number of nitrogens with zero attached hydrogens (tertiary/aromatic N) is 3. The van der Waals surface area contributed by atoms with Crippen molar-refractivity contribution in [3.63, 3.8) is 0 Å². The summed E-state index contributed by atoms with van der Waals surface area (Å²) in [5, 5.41) is 19.5. The molecule has 4 N–H and O–H groups in total. The van der Waals surface area contributed by atoms with Crippen LogP contribution in [-0.4, -0.2) is 68.3 Å². The van der Waals surface area contributed by atoms with Gasteiger partial charge in [-0.1, -0.05) is 29.8 Å². The maximum Gasteiger partial charge on any atom is 0.469 e. The van der Waals surface area contributed by atoms with Crippen LogP contribution in [0.2, 0.25) is 5.15 Å². The Balaban J connectivity index is 1.29. The van der Waals surface area contributed by atoms with Crippen molar-refractivity contribution >= 4 is 36.1 Å². The Morgan fingerprint density at radius 1 is 1.32 bits per heavy atom. The number of anilines is 1. The van der Waals surface area contributed by atoms with Gasteiger partial charge < -0.3 is 29.7 Å². The number of phosphoric ester groups is 1. The number of pyridine rings is 1. The number of aromatic nitrogens is 3. The van der Waals surface area contributed by atoms with Gasteiger partial charge in [0.2, 0.25) is 0 Å². The Labute approximate surface area is 223 Å². The molecule has 3 heterocycles. The van der Waals surface area contributed by atoms with Crippen LogP contribution < -0.4 is 5.32 Å². The van der Waals surface area contributed by atoms with E-state index in [2.05, 4.69) is 19.9 Å². The number of ether oxygens (including phenoxy) is 2. The number of halogens is 2. The van der Waals surface area contributed by atoms with Gasteiger partial charge in [-0.25, -0.2) is 18.6 Å². The van der Waals surface area contributed by atoms with E-state index >= 15 is 0 Å². The van der Waals surface area contributed by atoms with E-state index in [1.807, 2.05) is 6.92 Å². The van der Waals surface area contributed by atoms with Gasteiger partial charge in [0.25, 0.3) is 0 Å². The van der Waals surface area contributed by atoms with Crippen molar-refractivity contribution in [1.29, 1.82) is 0 Å². The fourth-order valence-electron chi connectivity index (χ4n) is 4.95. The van der Waals surface area contributed by atoms with Crippen LogP contribution in [0.25, 0.3) is 11.0 Å². The molecule has 1 aliphatic carbocycles. The van der Waals surface area contributed by atoms with E-state index in [0.29, 0.717) is 35.1 Å². The topological polar surface area (TPSA) is 148 Å². The van der Waals surface area contributed by atoms with Crippen LogP contribution in [0.15, 0.2) is 36.5 Å². The first-order valence-corrected chi connectivity index (χ1v) is 14.1. The Kier molecular flexibility index (Phi) is 7.78. The third-order valence-corrected chi connectivity index (χ3v) is 7.69. The lowest BCUT2D eigenvalue weighted by atomic mass is 9.88. The number of aliphatic hydroxyl groups excluding tert-OH is 1. The summed E-state index contributed by atoms with van der Waals surface area (Å²) < 4.78 is 43.0. The van der Waals surface area contributed by atoms with Crippen LogP contribution in [0, 0.1) is 11.2 Å². The van der Waals surface area contributed by atoms with Crippen LogP contribution in [-0.2, 0) is 18.6 Å². The summed E-state index contributed by atoms with van der Waals surface area (Å²) in [6.45, 7) is 2.24. The lowest BCUT2D eigenvalue weighted by Crippen LogP contribution is -2.50. The molecule has 2 fully saturated rings. The minimum Gasteiger partial charge on any atom is -0.390 e. The molecule has 14 heteroatoms. The van der Waals surface area contributed by atoms with Crippen LogP contribution in [0.4, 0.5) is 10.1 Å². The number of aliphatic hydroxyl groups is 1. The van der Waals surface area contributed by atoms with E-state index in [4.69, 9.17) is 30.9 Å². The van der Waals surface area contributed by atoms with E-state index in [9.17, 15) is 14.1 Å². The molecule has 2 aliphatic rings. The number of hydrogen-bond acceptors (Lipinski definition) is 8. The third kappa shape index (κ3) is 5.88. The van der Waals surface area contributed by atoms with Crippen LogP contribution in [0.3, 0.4) is 0 Å². The molecule has 11 nitrogen and oxygen atoms in total. The second kappa shape index (κ2) is 10.8. The fourth-order valence-corrected chi connectivity index (χ4v) is 5.58. The molecule has 0 radical (unpaired) electrons. The van der Waals surface area contributed by atoms with Gasteiger partial charge in [0.15, 0.2) is 5.65 Å². The first-order chi connectivity index (χ1) is 18.0. The summed E-state index contributed by atoms with van der Waals surface area (Å²) in [6.07, 6.45) is 1.17. The summed E-state index contributed by atoms with van der Waals surface area (Å²) in [6, 6.07) is 7.64. The second-order valence-electron chi connectivity index (χ2n) is 10.0. The van der Waals surface area contributed by atoms with Crippen molar-refractivity contribution in [2.24, 2.45) is 5.41 Å². The molecule has 1 aliphatic heterocycles. The predicted molar refractivity (Wildman–Crippen MR) is 136 cm³/mol. The highest BCUT2D eigenvalue weighted by Crippen LogP contribution is 2.42. The molecule has 1 saturated carbocycles. The van der Waals surface area contributed by atoms with Crippen LogP contribution in [0.5, 0.6) is 0 Å². The Morgan fingerprint density at radius 2 is 2.08 bits per heavy atom. The van der Waals surface area contributed by atoms with Gasteiger partial charge in [0.1, 0.15) is 11.0 Å². The van der Waals surface area contributed by atoms with E-state index in [-0.39, 0.29) is 49.5 Å². The normalized spacial score (nSPS) is 23.9.